The summed E-state index contributed by atoms with van der Waals surface area (Å²) in [6.45, 7) is 0. The van der Waals surface area contributed by atoms with Crippen LogP contribution in [0.25, 0.3) is 0 Å². The maximum Gasteiger partial charge on any atom is 0.0710 e. The van der Waals surface area contributed by atoms with Gasteiger partial charge in [-0.15, -0.1) is 48.8 Å². The van der Waals surface area contributed by atoms with E-state index >= 15 is 0 Å². The summed E-state index contributed by atoms with van der Waals surface area (Å²) in [7, 11) is 0. The Morgan fingerprint density at radius 3 is 1.60 bits per heavy atom. The van der Waals surface area contributed by atoms with Gasteiger partial charge in [-0.2, -0.15) is 0 Å². The van der Waals surface area contributed by atoms with Crippen LogP contribution in [0.5, 0.6) is 0 Å². The zero-order valence-corrected chi connectivity index (χ0v) is 15.4. The highest BCUT2D eigenvalue weighted by molar-refractivity contribution is 8.38. The van der Waals surface area contributed by atoms with Crippen molar-refractivity contribution in [1.82, 2.24) is 0 Å². The Labute approximate surface area is 147 Å². The average molecular weight is 373 g/mol. The minimum atomic E-state index is 0.438. The third-order valence-electron chi connectivity index (χ3n) is 2.64. The van der Waals surface area contributed by atoms with Crippen LogP contribution in [-0.2, 0) is 0 Å². The van der Waals surface area contributed by atoms with Crippen molar-refractivity contribution in [1.29, 1.82) is 0 Å². The summed E-state index contributed by atoms with van der Waals surface area (Å²) in [5, 5.41) is 0.876. The molecule has 0 aromatic heterocycles. The predicted molar refractivity (Wildman–Crippen MR) is 107 cm³/mol. The topological polar surface area (TPSA) is 0 Å². The van der Waals surface area contributed by atoms with Crippen molar-refractivity contribution < 1.29 is 0 Å². The largest absolute Gasteiger partial charge is 0.135 e. The van der Waals surface area contributed by atoms with Gasteiger partial charge in [0, 0.05) is 10.5 Å². The Bertz CT molecular complexity index is 506. The summed E-state index contributed by atoms with van der Waals surface area (Å²) >= 11 is 16.2. The van der Waals surface area contributed by atoms with E-state index in [2.05, 4.69) is 73.9 Å². The highest BCUT2D eigenvalue weighted by Gasteiger charge is 2.24. The highest BCUT2D eigenvalue weighted by atomic mass is 32.2. The van der Waals surface area contributed by atoms with E-state index in [1.165, 1.54) is 8.47 Å². The fourth-order valence-corrected chi connectivity index (χ4v) is 7.85. The SMILES string of the molecule is SC1=C(S)SC(=C(SC2C=CC=C2)SC2C=CC=C2)S1. The summed E-state index contributed by atoms with van der Waals surface area (Å²) in [5.41, 5.74) is 0. The molecule has 0 radical (unpaired) electrons. The molecule has 0 bridgehead atoms. The predicted octanol–water partition coefficient (Wildman–Crippen LogP) is 6.03. The molecule has 104 valence electrons. The van der Waals surface area contributed by atoms with Gasteiger partial charge in [0.25, 0.3) is 0 Å². The molecule has 0 nitrogen and oxygen atoms in total. The number of thiol groups is 2. The molecule has 0 amide bonds. The molecule has 0 aromatic rings. The molecule has 0 aromatic carbocycles. The van der Waals surface area contributed by atoms with E-state index in [1.54, 1.807) is 23.5 Å². The van der Waals surface area contributed by atoms with Crippen molar-refractivity contribution in [2.24, 2.45) is 0 Å². The quantitative estimate of drug-likeness (QED) is 0.577. The Morgan fingerprint density at radius 2 is 1.20 bits per heavy atom. The number of hydrogen-bond donors (Lipinski definition) is 2. The molecule has 2 aliphatic carbocycles. The number of thioether (sulfide) groups is 4. The molecule has 6 heteroatoms. The van der Waals surface area contributed by atoms with Gasteiger partial charge in [-0.05, 0) is 0 Å². The lowest BCUT2D eigenvalue weighted by atomic mass is 10.5. The van der Waals surface area contributed by atoms with Gasteiger partial charge in [-0.25, -0.2) is 0 Å². The lowest BCUT2D eigenvalue weighted by molar-refractivity contribution is 1.47. The molecule has 3 rings (SSSR count). The standard InChI is InChI=1S/C14H12S6/c15-11-12(16)20-14(19-11)13(17-9-5-1-2-6-9)18-10-7-3-4-8-10/h1-10,15-16H. The van der Waals surface area contributed by atoms with Crippen LogP contribution in [0.15, 0.2) is 65.6 Å². The summed E-state index contributed by atoms with van der Waals surface area (Å²) < 4.78 is 4.67. The smallest absolute Gasteiger partial charge is 0.0710 e. The number of rotatable bonds is 4. The van der Waals surface area contributed by atoms with Crippen LogP contribution in [0, 0.1) is 0 Å². The van der Waals surface area contributed by atoms with Crippen molar-refractivity contribution in [2.75, 3.05) is 0 Å². The minimum absolute atomic E-state index is 0.438. The van der Waals surface area contributed by atoms with E-state index < -0.39 is 0 Å². The molecule has 0 saturated heterocycles. The molecule has 3 aliphatic rings. The van der Waals surface area contributed by atoms with Crippen molar-refractivity contribution in [3.8, 4) is 0 Å². The third-order valence-corrected chi connectivity index (χ3v) is 9.42. The van der Waals surface area contributed by atoms with Gasteiger partial charge in [0.2, 0.25) is 0 Å². The van der Waals surface area contributed by atoms with Crippen molar-refractivity contribution in [3.63, 3.8) is 0 Å². The van der Waals surface area contributed by atoms with Gasteiger partial charge in [0.15, 0.2) is 0 Å². The molecule has 0 spiro atoms. The lowest BCUT2D eigenvalue weighted by Crippen LogP contribution is -1.95. The summed E-state index contributed by atoms with van der Waals surface area (Å²) in [5.74, 6) is 0. The van der Waals surface area contributed by atoms with E-state index in [9.17, 15) is 0 Å². The summed E-state index contributed by atoms with van der Waals surface area (Å²) in [4.78, 5) is 0. The maximum absolute atomic E-state index is 4.48. The first kappa shape index (κ1) is 15.4. The first-order chi connectivity index (χ1) is 9.72. The summed E-state index contributed by atoms with van der Waals surface area (Å²) in [6, 6.07) is 0. The maximum atomic E-state index is 4.48. The fourth-order valence-electron chi connectivity index (χ4n) is 1.72. The normalized spacial score (nSPS) is 22.0. The second kappa shape index (κ2) is 7.20. The monoisotopic (exact) mass is 372 g/mol. The van der Waals surface area contributed by atoms with Gasteiger partial charge in [-0.1, -0.05) is 72.1 Å². The van der Waals surface area contributed by atoms with Crippen LogP contribution < -0.4 is 0 Å². The van der Waals surface area contributed by atoms with Crippen LogP contribution in [0.2, 0.25) is 0 Å². The van der Waals surface area contributed by atoms with Crippen LogP contribution in [0.4, 0.5) is 0 Å². The van der Waals surface area contributed by atoms with Crippen molar-refractivity contribution in [3.05, 3.63) is 65.6 Å². The van der Waals surface area contributed by atoms with E-state index in [1.807, 2.05) is 23.5 Å². The van der Waals surface area contributed by atoms with E-state index in [-0.39, 0.29) is 0 Å². The third kappa shape index (κ3) is 3.84. The molecule has 0 unspecified atom stereocenters. The van der Waals surface area contributed by atoms with Crippen LogP contribution in [-0.4, -0.2) is 10.5 Å². The number of hydrogen-bond acceptors (Lipinski definition) is 6. The molecule has 1 heterocycles. The Morgan fingerprint density at radius 1 is 0.800 bits per heavy atom. The van der Waals surface area contributed by atoms with E-state index in [0.717, 1.165) is 8.47 Å². The Hall–Kier alpha value is 0.540. The van der Waals surface area contributed by atoms with E-state index in [4.69, 9.17) is 0 Å². The molecular formula is C14H12S6. The van der Waals surface area contributed by atoms with Crippen molar-refractivity contribution in [2.45, 2.75) is 10.5 Å². The van der Waals surface area contributed by atoms with Crippen LogP contribution in [0.1, 0.15) is 0 Å². The Kier molecular flexibility index (Phi) is 5.56. The summed E-state index contributed by atoms with van der Waals surface area (Å²) in [6.07, 6.45) is 17.4. The lowest BCUT2D eigenvalue weighted by Gasteiger charge is -2.14. The van der Waals surface area contributed by atoms with Crippen LogP contribution >= 0.6 is 72.3 Å². The molecule has 0 fully saturated rings. The number of allylic oxidation sites excluding steroid dienone is 4. The van der Waals surface area contributed by atoms with E-state index in [0.29, 0.717) is 10.5 Å². The molecular weight excluding hydrogens is 361 g/mol. The molecule has 20 heavy (non-hydrogen) atoms. The van der Waals surface area contributed by atoms with Gasteiger partial charge < -0.3 is 0 Å². The van der Waals surface area contributed by atoms with Gasteiger partial charge in [0.05, 0.1) is 16.9 Å². The molecule has 0 N–H and O–H groups in total. The Balaban J connectivity index is 1.78. The van der Waals surface area contributed by atoms with Gasteiger partial charge >= 0.3 is 0 Å². The van der Waals surface area contributed by atoms with Gasteiger partial charge in [-0.3, -0.25) is 0 Å². The average Bonchev–Trinajstić information content (AvgIpc) is 3.13. The van der Waals surface area contributed by atoms with Crippen LogP contribution in [0.3, 0.4) is 0 Å². The van der Waals surface area contributed by atoms with Gasteiger partial charge in [0.1, 0.15) is 0 Å². The highest BCUT2D eigenvalue weighted by Crippen LogP contribution is 2.57. The minimum Gasteiger partial charge on any atom is -0.135 e. The first-order valence-electron chi connectivity index (χ1n) is 5.98. The first-order valence-corrected chi connectivity index (χ1v) is 10.3. The molecule has 1 aliphatic heterocycles. The zero-order chi connectivity index (χ0) is 13.9. The van der Waals surface area contributed by atoms with Crippen molar-refractivity contribution >= 4 is 72.3 Å². The zero-order valence-electron chi connectivity index (χ0n) is 10.3. The second-order valence-corrected chi connectivity index (χ2v) is 10.5. The molecule has 0 saturated carbocycles. The fraction of sp³-hybridized carbons (Fsp3) is 0.143. The molecule has 0 atom stereocenters. The second-order valence-electron chi connectivity index (χ2n) is 4.09.